The van der Waals surface area contributed by atoms with Gasteiger partial charge in [-0.05, 0) is 36.3 Å². The highest BCUT2D eigenvalue weighted by molar-refractivity contribution is 5.77. The number of nitrogens with zero attached hydrogens (tertiary/aromatic N) is 1. The molecule has 2 aliphatic rings. The monoisotopic (exact) mass is 258 g/mol. The Morgan fingerprint density at radius 2 is 2.11 bits per heavy atom. The van der Waals surface area contributed by atoms with E-state index in [1.165, 1.54) is 30.4 Å². The quantitative estimate of drug-likeness (QED) is 0.904. The van der Waals surface area contributed by atoms with E-state index >= 15 is 0 Å². The number of benzene rings is 1. The number of amides is 1. The molecule has 1 aromatic rings. The van der Waals surface area contributed by atoms with E-state index in [0.717, 1.165) is 19.4 Å². The van der Waals surface area contributed by atoms with Crippen LogP contribution in [-0.2, 0) is 11.2 Å². The smallest absolute Gasteiger partial charge is 0.223 e. The molecule has 1 fully saturated rings. The van der Waals surface area contributed by atoms with Gasteiger partial charge in [0.15, 0.2) is 0 Å². The minimum Gasteiger partial charge on any atom is -0.334 e. The van der Waals surface area contributed by atoms with Crippen molar-refractivity contribution in [2.24, 2.45) is 11.7 Å². The first-order valence-corrected chi connectivity index (χ1v) is 7.37. The van der Waals surface area contributed by atoms with Crippen molar-refractivity contribution in [3.63, 3.8) is 0 Å². The van der Waals surface area contributed by atoms with Crippen molar-refractivity contribution >= 4 is 5.91 Å². The van der Waals surface area contributed by atoms with Crippen LogP contribution in [0.1, 0.15) is 42.9 Å². The summed E-state index contributed by atoms with van der Waals surface area (Å²) in [6, 6.07) is 8.47. The zero-order valence-electron chi connectivity index (χ0n) is 11.3. The molecule has 3 nitrogen and oxygen atoms in total. The summed E-state index contributed by atoms with van der Waals surface area (Å²) in [5.41, 5.74) is 8.53. The van der Waals surface area contributed by atoms with Gasteiger partial charge in [0, 0.05) is 19.5 Å². The molecule has 0 radical (unpaired) electrons. The number of rotatable bonds is 3. The molecule has 3 heteroatoms. The Hall–Kier alpha value is -1.35. The summed E-state index contributed by atoms with van der Waals surface area (Å²) in [4.78, 5) is 14.5. The summed E-state index contributed by atoms with van der Waals surface area (Å²) < 4.78 is 0. The van der Waals surface area contributed by atoms with Crippen LogP contribution >= 0.6 is 0 Å². The summed E-state index contributed by atoms with van der Waals surface area (Å²) in [7, 11) is 0. The van der Waals surface area contributed by atoms with E-state index < -0.39 is 0 Å². The van der Waals surface area contributed by atoms with Gasteiger partial charge in [-0.25, -0.2) is 0 Å². The SMILES string of the molecule is NCC1c2ccccc2CCN1C(=O)CC1CCC1. The number of nitrogens with two attached hydrogens (primary N) is 1. The van der Waals surface area contributed by atoms with E-state index in [1.807, 2.05) is 11.0 Å². The van der Waals surface area contributed by atoms with Crippen LogP contribution in [0.3, 0.4) is 0 Å². The number of hydrogen-bond acceptors (Lipinski definition) is 2. The van der Waals surface area contributed by atoms with Crippen LogP contribution in [0.15, 0.2) is 24.3 Å². The summed E-state index contributed by atoms with van der Waals surface area (Å²) in [6.45, 7) is 1.35. The molecule has 0 saturated heterocycles. The van der Waals surface area contributed by atoms with E-state index in [4.69, 9.17) is 5.73 Å². The third-order valence-corrected chi connectivity index (χ3v) is 4.64. The largest absolute Gasteiger partial charge is 0.334 e. The highest BCUT2D eigenvalue weighted by Gasteiger charge is 2.31. The van der Waals surface area contributed by atoms with Gasteiger partial charge in [-0.2, -0.15) is 0 Å². The Morgan fingerprint density at radius 1 is 1.32 bits per heavy atom. The van der Waals surface area contributed by atoms with Gasteiger partial charge in [0.2, 0.25) is 5.91 Å². The topological polar surface area (TPSA) is 46.3 Å². The molecule has 1 amide bonds. The third kappa shape index (κ3) is 2.39. The third-order valence-electron chi connectivity index (χ3n) is 4.64. The Kier molecular flexibility index (Phi) is 3.56. The van der Waals surface area contributed by atoms with Gasteiger partial charge < -0.3 is 10.6 Å². The average Bonchev–Trinajstić information content (AvgIpc) is 2.41. The maximum atomic E-state index is 12.5. The molecule has 1 saturated carbocycles. The second kappa shape index (κ2) is 5.33. The number of carbonyl (C=O) groups is 1. The van der Waals surface area contributed by atoms with Crippen molar-refractivity contribution < 1.29 is 4.79 Å². The Balaban J connectivity index is 1.77. The van der Waals surface area contributed by atoms with Crippen molar-refractivity contribution in [3.8, 4) is 0 Å². The second-order valence-corrected chi connectivity index (χ2v) is 5.79. The predicted octanol–water partition coefficient (Wildman–Crippen LogP) is 2.26. The lowest BCUT2D eigenvalue weighted by Gasteiger charge is -2.38. The number of hydrogen-bond donors (Lipinski definition) is 1. The van der Waals surface area contributed by atoms with Crippen LogP contribution in [0.5, 0.6) is 0 Å². The highest BCUT2D eigenvalue weighted by atomic mass is 16.2. The Morgan fingerprint density at radius 3 is 2.79 bits per heavy atom. The molecule has 1 aliphatic heterocycles. The van der Waals surface area contributed by atoms with Gasteiger partial charge in [0.05, 0.1) is 6.04 Å². The molecule has 0 spiro atoms. The Bertz CT molecular complexity index is 468. The fraction of sp³-hybridized carbons (Fsp3) is 0.562. The van der Waals surface area contributed by atoms with E-state index in [1.54, 1.807) is 0 Å². The van der Waals surface area contributed by atoms with Crippen molar-refractivity contribution in [1.29, 1.82) is 0 Å². The minimum absolute atomic E-state index is 0.0810. The fourth-order valence-electron chi connectivity index (χ4n) is 3.27. The molecule has 2 N–H and O–H groups in total. The molecular formula is C16H22N2O. The first-order chi connectivity index (χ1) is 9.29. The highest BCUT2D eigenvalue weighted by Crippen LogP contribution is 2.33. The van der Waals surface area contributed by atoms with E-state index in [0.29, 0.717) is 18.4 Å². The molecule has 1 aliphatic carbocycles. The lowest BCUT2D eigenvalue weighted by molar-refractivity contribution is -0.135. The van der Waals surface area contributed by atoms with Crippen LogP contribution in [0.4, 0.5) is 0 Å². The summed E-state index contributed by atoms with van der Waals surface area (Å²) in [6.07, 6.45) is 5.43. The van der Waals surface area contributed by atoms with Crippen LogP contribution in [0.2, 0.25) is 0 Å². The molecular weight excluding hydrogens is 236 g/mol. The molecule has 1 unspecified atom stereocenters. The fourth-order valence-corrected chi connectivity index (χ4v) is 3.27. The standard InChI is InChI=1S/C16H22N2O/c17-11-15-14-7-2-1-6-13(14)8-9-18(15)16(19)10-12-4-3-5-12/h1-2,6-7,12,15H,3-5,8-11,17H2. The molecule has 19 heavy (non-hydrogen) atoms. The van der Waals surface area contributed by atoms with Crippen molar-refractivity contribution in [2.75, 3.05) is 13.1 Å². The van der Waals surface area contributed by atoms with Gasteiger partial charge in [0.25, 0.3) is 0 Å². The van der Waals surface area contributed by atoms with Crippen LogP contribution in [0, 0.1) is 5.92 Å². The number of fused-ring (bicyclic) bond motifs is 1. The van der Waals surface area contributed by atoms with Crippen LogP contribution in [0.25, 0.3) is 0 Å². The van der Waals surface area contributed by atoms with Gasteiger partial charge >= 0.3 is 0 Å². The zero-order chi connectivity index (χ0) is 13.2. The zero-order valence-corrected chi connectivity index (χ0v) is 11.3. The van der Waals surface area contributed by atoms with Crippen molar-refractivity contribution in [2.45, 2.75) is 38.1 Å². The number of carbonyl (C=O) groups excluding carboxylic acids is 1. The van der Waals surface area contributed by atoms with E-state index in [9.17, 15) is 4.79 Å². The summed E-state index contributed by atoms with van der Waals surface area (Å²) in [5.74, 6) is 0.928. The predicted molar refractivity (Wildman–Crippen MR) is 75.6 cm³/mol. The molecule has 0 aromatic heterocycles. The van der Waals surface area contributed by atoms with Crippen molar-refractivity contribution in [1.82, 2.24) is 4.90 Å². The minimum atomic E-state index is 0.0810. The summed E-state index contributed by atoms with van der Waals surface area (Å²) in [5, 5.41) is 0. The average molecular weight is 258 g/mol. The van der Waals surface area contributed by atoms with Crippen LogP contribution < -0.4 is 5.73 Å². The van der Waals surface area contributed by atoms with Gasteiger partial charge in [0.1, 0.15) is 0 Å². The maximum Gasteiger partial charge on any atom is 0.223 e. The van der Waals surface area contributed by atoms with Gasteiger partial charge in [-0.3, -0.25) is 4.79 Å². The lowest BCUT2D eigenvalue weighted by atomic mass is 9.82. The van der Waals surface area contributed by atoms with Crippen LogP contribution in [-0.4, -0.2) is 23.9 Å². The molecule has 3 rings (SSSR count). The van der Waals surface area contributed by atoms with E-state index in [2.05, 4.69) is 18.2 Å². The maximum absolute atomic E-state index is 12.5. The normalized spacial score (nSPS) is 22.8. The lowest BCUT2D eigenvalue weighted by Crippen LogP contribution is -2.44. The molecule has 1 atom stereocenters. The second-order valence-electron chi connectivity index (χ2n) is 5.79. The van der Waals surface area contributed by atoms with Gasteiger partial charge in [-0.15, -0.1) is 0 Å². The van der Waals surface area contributed by atoms with Crippen molar-refractivity contribution in [3.05, 3.63) is 35.4 Å². The molecule has 102 valence electrons. The first-order valence-electron chi connectivity index (χ1n) is 7.37. The first kappa shape index (κ1) is 12.7. The van der Waals surface area contributed by atoms with E-state index in [-0.39, 0.29) is 6.04 Å². The molecule has 0 bridgehead atoms. The van der Waals surface area contributed by atoms with Gasteiger partial charge in [-0.1, -0.05) is 30.7 Å². The summed E-state index contributed by atoms with van der Waals surface area (Å²) >= 11 is 0. The molecule has 1 aromatic carbocycles. The Labute approximate surface area is 114 Å². The molecule has 1 heterocycles.